The van der Waals surface area contributed by atoms with Crippen molar-refractivity contribution in [2.45, 2.75) is 12.3 Å². The topological polar surface area (TPSA) is 64.7 Å². The van der Waals surface area contributed by atoms with E-state index >= 15 is 0 Å². The molecule has 0 radical (unpaired) electrons. The molecule has 2 aromatic heterocycles. The van der Waals surface area contributed by atoms with E-state index in [0.29, 0.717) is 11.6 Å². The molecule has 0 bridgehead atoms. The third kappa shape index (κ3) is 2.64. The lowest BCUT2D eigenvalue weighted by Gasteiger charge is -2.02. The van der Waals surface area contributed by atoms with Crippen LogP contribution in [0.25, 0.3) is 0 Å². The van der Waals surface area contributed by atoms with E-state index in [2.05, 4.69) is 15.0 Å². The fourth-order valence-corrected chi connectivity index (χ4v) is 1.96. The molecule has 2 rings (SSSR count). The van der Waals surface area contributed by atoms with E-state index < -0.39 is 0 Å². The minimum Gasteiger partial charge on any atom is -0.384 e. The Balaban J connectivity index is 2.24. The van der Waals surface area contributed by atoms with Gasteiger partial charge in [0.25, 0.3) is 0 Å². The summed E-state index contributed by atoms with van der Waals surface area (Å²) < 4.78 is 0. The van der Waals surface area contributed by atoms with E-state index in [1.165, 1.54) is 0 Å². The van der Waals surface area contributed by atoms with Crippen LogP contribution in [0.5, 0.6) is 0 Å². The second-order valence-electron chi connectivity index (χ2n) is 2.98. The van der Waals surface area contributed by atoms with Crippen molar-refractivity contribution in [2.75, 3.05) is 5.73 Å². The van der Waals surface area contributed by atoms with Gasteiger partial charge >= 0.3 is 0 Å². The number of alkyl halides is 1. The summed E-state index contributed by atoms with van der Waals surface area (Å²) in [5.41, 5.74) is 8.31. The van der Waals surface area contributed by atoms with E-state index in [9.17, 15) is 0 Å². The second-order valence-corrected chi connectivity index (χ2v) is 4.22. The van der Waals surface area contributed by atoms with Crippen LogP contribution < -0.4 is 5.73 Å². The number of hydrogen-bond acceptors (Lipinski definition) is 5. The van der Waals surface area contributed by atoms with Crippen molar-refractivity contribution < 1.29 is 0 Å². The molecular weight excluding hydrogens is 232 g/mol. The fourth-order valence-electron chi connectivity index (χ4n) is 1.23. The van der Waals surface area contributed by atoms with Crippen molar-refractivity contribution in [3.8, 4) is 0 Å². The van der Waals surface area contributed by atoms with Gasteiger partial charge in [0.2, 0.25) is 0 Å². The van der Waals surface area contributed by atoms with Crippen molar-refractivity contribution in [3.05, 3.63) is 34.2 Å². The predicted molar refractivity (Wildman–Crippen MR) is 60.9 cm³/mol. The maximum atomic E-state index is 5.66. The molecule has 2 aromatic rings. The van der Waals surface area contributed by atoms with Crippen LogP contribution in [0.1, 0.15) is 16.4 Å². The highest BCUT2D eigenvalue weighted by atomic mass is 35.5. The molecule has 15 heavy (non-hydrogen) atoms. The molecule has 0 aromatic carbocycles. The number of nitrogens with zero attached hydrogens (tertiary/aromatic N) is 3. The van der Waals surface area contributed by atoms with Gasteiger partial charge in [0.15, 0.2) is 0 Å². The number of thiazole rings is 1. The smallest absolute Gasteiger partial charge is 0.145 e. The van der Waals surface area contributed by atoms with Crippen molar-refractivity contribution in [1.29, 1.82) is 0 Å². The first-order chi connectivity index (χ1) is 7.28. The molecule has 0 saturated carbocycles. The van der Waals surface area contributed by atoms with E-state index in [-0.39, 0.29) is 5.88 Å². The van der Waals surface area contributed by atoms with Gasteiger partial charge in [-0.05, 0) is 0 Å². The number of rotatable bonds is 3. The van der Waals surface area contributed by atoms with Crippen LogP contribution in [-0.2, 0) is 12.3 Å². The molecule has 0 spiro atoms. The van der Waals surface area contributed by atoms with Crippen molar-refractivity contribution >= 4 is 28.8 Å². The molecule has 0 aliphatic rings. The molecule has 0 atom stereocenters. The third-order valence-electron chi connectivity index (χ3n) is 1.80. The molecule has 0 unspecified atom stereocenters. The number of hydrogen-bond donors (Lipinski definition) is 1. The van der Waals surface area contributed by atoms with E-state index in [1.807, 2.05) is 6.20 Å². The SMILES string of the molecule is Nc1cc(Cc2cncs2)nc(CCl)n1. The Kier molecular flexibility index (Phi) is 3.13. The van der Waals surface area contributed by atoms with Crippen molar-refractivity contribution in [1.82, 2.24) is 15.0 Å². The maximum Gasteiger partial charge on any atom is 0.145 e. The third-order valence-corrected chi connectivity index (χ3v) is 2.82. The van der Waals surface area contributed by atoms with Gasteiger partial charge < -0.3 is 5.73 Å². The van der Waals surface area contributed by atoms with Crippen LogP contribution >= 0.6 is 22.9 Å². The minimum absolute atomic E-state index is 0.279. The van der Waals surface area contributed by atoms with E-state index in [0.717, 1.165) is 17.0 Å². The van der Waals surface area contributed by atoms with Gasteiger partial charge in [-0.15, -0.1) is 22.9 Å². The number of nitrogens with two attached hydrogens (primary N) is 1. The molecule has 0 aliphatic carbocycles. The first-order valence-electron chi connectivity index (χ1n) is 4.33. The minimum atomic E-state index is 0.279. The van der Waals surface area contributed by atoms with Crippen LogP contribution in [0.4, 0.5) is 5.82 Å². The molecule has 4 nitrogen and oxygen atoms in total. The average Bonchev–Trinajstić information content (AvgIpc) is 2.69. The monoisotopic (exact) mass is 240 g/mol. The molecule has 2 N–H and O–H groups in total. The van der Waals surface area contributed by atoms with Gasteiger partial charge in [-0.1, -0.05) is 0 Å². The van der Waals surface area contributed by atoms with Gasteiger partial charge in [0, 0.05) is 23.6 Å². The summed E-state index contributed by atoms with van der Waals surface area (Å²) >= 11 is 7.25. The fraction of sp³-hybridized carbons (Fsp3) is 0.222. The molecule has 0 amide bonds. The molecular formula is C9H9ClN4S. The number of aromatic nitrogens is 3. The second kappa shape index (κ2) is 4.55. The zero-order valence-corrected chi connectivity index (χ0v) is 9.42. The lowest BCUT2D eigenvalue weighted by Crippen LogP contribution is -2.02. The Morgan fingerprint density at radius 1 is 1.40 bits per heavy atom. The van der Waals surface area contributed by atoms with Gasteiger partial charge in [-0.3, -0.25) is 4.98 Å². The highest BCUT2D eigenvalue weighted by Crippen LogP contribution is 2.13. The summed E-state index contributed by atoms with van der Waals surface area (Å²) in [6, 6.07) is 1.76. The summed E-state index contributed by atoms with van der Waals surface area (Å²) in [7, 11) is 0. The van der Waals surface area contributed by atoms with Gasteiger partial charge in [0.05, 0.1) is 17.1 Å². The largest absolute Gasteiger partial charge is 0.384 e. The highest BCUT2D eigenvalue weighted by molar-refractivity contribution is 7.09. The van der Waals surface area contributed by atoms with E-state index in [4.69, 9.17) is 17.3 Å². The molecule has 0 saturated heterocycles. The number of halogens is 1. The van der Waals surface area contributed by atoms with Crippen LogP contribution in [0.3, 0.4) is 0 Å². The Morgan fingerprint density at radius 3 is 2.93 bits per heavy atom. The molecule has 0 aliphatic heterocycles. The molecule has 6 heteroatoms. The first kappa shape index (κ1) is 10.3. The van der Waals surface area contributed by atoms with E-state index in [1.54, 1.807) is 22.9 Å². The Bertz CT molecular complexity index is 443. The molecule has 2 heterocycles. The first-order valence-corrected chi connectivity index (χ1v) is 5.75. The summed E-state index contributed by atoms with van der Waals surface area (Å²) in [4.78, 5) is 13.4. The summed E-state index contributed by atoms with van der Waals surface area (Å²) in [5, 5.41) is 0. The van der Waals surface area contributed by atoms with Gasteiger partial charge in [0.1, 0.15) is 11.6 Å². The number of nitrogen functional groups attached to an aromatic ring is 1. The normalized spacial score (nSPS) is 10.5. The van der Waals surface area contributed by atoms with Crippen LogP contribution in [0.2, 0.25) is 0 Å². The molecule has 78 valence electrons. The highest BCUT2D eigenvalue weighted by Gasteiger charge is 2.04. The Hall–Kier alpha value is -1.20. The zero-order valence-electron chi connectivity index (χ0n) is 7.85. The number of anilines is 1. The van der Waals surface area contributed by atoms with Gasteiger partial charge in [-0.2, -0.15) is 0 Å². The van der Waals surface area contributed by atoms with Crippen LogP contribution in [0.15, 0.2) is 17.8 Å². The lowest BCUT2D eigenvalue weighted by molar-refractivity contribution is 0.966. The zero-order chi connectivity index (χ0) is 10.7. The Morgan fingerprint density at radius 2 is 2.27 bits per heavy atom. The summed E-state index contributed by atoms with van der Waals surface area (Å²) in [6.45, 7) is 0. The molecule has 0 fully saturated rings. The quantitative estimate of drug-likeness (QED) is 0.832. The average molecular weight is 241 g/mol. The van der Waals surface area contributed by atoms with Crippen molar-refractivity contribution in [3.63, 3.8) is 0 Å². The standard InChI is InChI=1S/C9H9ClN4S/c10-3-9-13-6(2-8(11)14-9)1-7-4-12-5-15-7/h2,4-5H,1,3H2,(H2,11,13,14). The summed E-state index contributed by atoms with van der Waals surface area (Å²) in [5.74, 6) is 1.30. The predicted octanol–water partition coefficient (Wildman–Crippen LogP) is 1.84. The maximum absolute atomic E-state index is 5.66. The van der Waals surface area contributed by atoms with Crippen molar-refractivity contribution in [2.24, 2.45) is 0 Å². The summed E-state index contributed by atoms with van der Waals surface area (Å²) in [6.07, 6.45) is 2.55. The van der Waals surface area contributed by atoms with Crippen LogP contribution in [0, 0.1) is 0 Å². The van der Waals surface area contributed by atoms with Crippen LogP contribution in [-0.4, -0.2) is 15.0 Å². The lowest BCUT2D eigenvalue weighted by atomic mass is 10.2. The Labute approximate surface area is 96.2 Å². The van der Waals surface area contributed by atoms with Gasteiger partial charge in [-0.25, -0.2) is 9.97 Å².